The molecule has 2 aliphatic rings. The van der Waals surface area contributed by atoms with E-state index in [1.54, 1.807) is 0 Å². The van der Waals surface area contributed by atoms with Crippen LogP contribution in [0.4, 0.5) is 0 Å². The molecule has 138 valence electrons. The minimum absolute atomic E-state index is 0.170. The summed E-state index contributed by atoms with van der Waals surface area (Å²) in [4.78, 5) is 14.7. The molecule has 0 radical (unpaired) electrons. The van der Waals surface area contributed by atoms with Gasteiger partial charge in [0, 0.05) is 50.3 Å². The van der Waals surface area contributed by atoms with Crippen LogP contribution in [-0.4, -0.2) is 47.3 Å². The van der Waals surface area contributed by atoms with Gasteiger partial charge in [-0.15, -0.1) is 0 Å². The lowest BCUT2D eigenvalue weighted by Gasteiger charge is -2.34. The number of aromatic amines is 1. The lowest BCUT2D eigenvalue weighted by atomic mass is 9.91. The van der Waals surface area contributed by atoms with Gasteiger partial charge in [-0.1, -0.05) is 30.3 Å². The molecule has 0 saturated carbocycles. The standard InChI is InChI=1S/C21H27N3O2/c25-21(18-8-12-26-13-9-18)24-10-6-17(7-11-24)20-15-19(22-23-20)14-16-4-2-1-3-5-16/h1-5,15,17-18H,6-14H2,(H,22,23). The van der Waals surface area contributed by atoms with E-state index in [9.17, 15) is 4.79 Å². The first-order chi connectivity index (χ1) is 12.8. The van der Waals surface area contributed by atoms with Gasteiger partial charge in [0.1, 0.15) is 0 Å². The molecule has 0 atom stereocenters. The smallest absolute Gasteiger partial charge is 0.225 e. The Balaban J connectivity index is 1.31. The maximum absolute atomic E-state index is 12.7. The Morgan fingerprint density at radius 1 is 1.12 bits per heavy atom. The van der Waals surface area contributed by atoms with Gasteiger partial charge in [-0.2, -0.15) is 5.10 Å². The molecule has 2 aromatic rings. The highest BCUT2D eigenvalue weighted by molar-refractivity contribution is 5.79. The Morgan fingerprint density at radius 2 is 1.85 bits per heavy atom. The topological polar surface area (TPSA) is 58.2 Å². The second kappa shape index (κ2) is 8.04. The molecule has 1 amide bonds. The van der Waals surface area contributed by atoms with E-state index < -0.39 is 0 Å². The van der Waals surface area contributed by atoms with Gasteiger partial charge >= 0.3 is 0 Å². The first kappa shape index (κ1) is 17.3. The zero-order chi connectivity index (χ0) is 17.8. The van der Waals surface area contributed by atoms with Crippen molar-refractivity contribution >= 4 is 5.91 Å². The van der Waals surface area contributed by atoms with Crippen LogP contribution in [0.25, 0.3) is 0 Å². The number of hydrogen-bond acceptors (Lipinski definition) is 3. The zero-order valence-electron chi connectivity index (χ0n) is 15.2. The van der Waals surface area contributed by atoms with Crippen molar-refractivity contribution in [3.05, 3.63) is 53.3 Å². The van der Waals surface area contributed by atoms with Crippen molar-refractivity contribution in [2.24, 2.45) is 5.92 Å². The summed E-state index contributed by atoms with van der Waals surface area (Å²) in [6.45, 7) is 3.15. The normalized spacial score (nSPS) is 19.6. The third kappa shape index (κ3) is 3.98. The van der Waals surface area contributed by atoms with Crippen molar-refractivity contribution in [1.29, 1.82) is 0 Å². The van der Waals surface area contributed by atoms with Crippen LogP contribution in [0.2, 0.25) is 0 Å². The van der Waals surface area contributed by atoms with Crippen molar-refractivity contribution in [3.63, 3.8) is 0 Å². The van der Waals surface area contributed by atoms with E-state index >= 15 is 0 Å². The van der Waals surface area contributed by atoms with E-state index in [1.807, 2.05) is 6.07 Å². The number of carbonyl (C=O) groups excluding carboxylic acids is 1. The van der Waals surface area contributed by atoms with Gasteiger partial charge in [0.25, 0.3) is 0 Å². The van der Waals surface area contributed by atoms with Crippen LogP contribution in [0, 0.1) is 5.92 Å². The number of piperidine rings is 1. The van der Waals surface area contributed by atoms with Crippen LogP contribution in [-0.2, 0) is 16.0 Å². The first-order valence-electron chi connectivity index (χ1n) is 9.74. The molecular weight excluding hydrogens is 326 g/mol. The number of H-pyrrole nitrogens is 1. The summed E-state index contributed by atoms with van der Waals surface area (Å²) in [7, 11) is 0. The van der Waals surface area contributed by atoms with E-state index in [1.165, 1.54) is 5.56 Å². The van der Waals surface area contributed by atoms with Crippen molar-refractivity contribution in [1.82, 2.24) is 15.1 Å². The fraction of sp³-hybridized carbons (Fsp3) is 0.524. The molecule has 1 N–H and O–H groups in total. The minimum Gasteiger partial charge on any atom is -0.381 e. The minimum atomic E-state index is 0.170. The highest BCUT2D eigenvalue weighted by Gasteiger charge is 2.30. The van der Waals surface area contributed by atoms with E-state index in [-0.39, 0.29) is 5.92 Å². The summed E-state index contributed by atoms with van der Waals surface area (Å²) in [5.41, 5.74) is 3.60. The van der Waals surface area contributed by atoms with Crippen molar-refractivity contribution in [2.75, 3.05) is 26.3 Å². The lowest BCUT2D eigenvalue weighted by Crippen LogP contribution is -2.42. The maximum atomic E-state index is 12.7. The van der Waals surface area contributed by atoms with Gasteiger partial charge in [-0.3, -0.25) is 9.89 Å². The monoisotopic (exact) mass is 353 g/mol. The zero-order valence-corrected chi connectivity index (χ0v) is 15.2. The van der Waals surface area contributed by atoms with E-state index in [2.05, 4.69) is 45.4 Å². The van der Waals surface area contributed by atoms with Crippen molar-refractivity contribution in [3.8, 4) is 0 Å². The number of rotatable bonds is 4. The van der Waals surface area contributed by atoms with Gasteiger partial charge < -0.3 is 9.64 Å². The van der Waals surface area contributed by atoms with Gasteiger partial charge in [0.05, 0.1) is 5.69 Å². The number of likely N-dealkylation sites (tertiary alicyclic amines) is 1. The van der Waals surface area contributed by atoms with Crippen LogP contribution < -0.4 is 0 Å². The molecule has 0 bridgehead atoms. The van der Waals surface area contributed by atoms with Crippen LogP contribution >= 0.6 is 0 Å². The maximum Gasteiger partial charge on any atom is 0.225 e. The van der Waals surface area contributed by atoms with E-state index in [0.29, 0.717) is 11.8 Å². The number of nitrogens with one attached hydrogen (secondary N) is 1. The van der Waals surface area contributed by atoms with Gasteiger partial charge in [-0.25, -0.2) is 0 Å². The molecule has 1 aromatic carbocycles. The predicted molar refractivity (Wildman–Crippen MR) is 99.9 cm³/mol. The number of carbonyl (C=O) groups is 1. The number of nitrogens with zero attached hydrogens (tertiary/aromatic N) is 2. The highest BCUT2D eigenvalue weighted by Crippen LogP contribution is 2.29. The third-order valence-electron chi connectivity index (χ3n) is 5.68. The number of aromatic nitrogens is 2. The highest BCUT2D eigenvalue weighted by atomic mass is 16.5. The van der Waals surface area contributed by atoms with Crippen LogP contribution in [0.15, 0.2) is 36.4 Å². The first-order valence-corrected chi connectivity index (χ1v) is 9.74. The molecule has 2 fully saturated rings. The molecule has 5 heteroatoms. The summed E-state index contributed by atoms with van der Waals surface area (Å²) in [6, 6.07) is 12.7. The summed E-state index contributed by atoms with van der Waals surface area (Å²) in [5, 5.41) is 7.74. The Morgan fingerprint density at radius 3 is 2.58 bits per heavy atom. The Kier molecular flexibility index (Phi) is 5.34. The van der Waals surface area contributed by atoms with Crippen LogP contribution in [0.1, 0.15) is 48.6 Å². The molecule has 26 heavy (non-hydrogen) atoms. The number of amides is 1. The summed E-state index contributed by atoms with van der Waals surface area (Å²) in [6.07, 6.45) is 4.64. The molecule has 0 spiro atoms. The Bertz CT molecular complexity index is 714. The second-order valence-corrected chi connectivity index (χ2v) is 7.47. The number of hydrogen-bond donors (Lipinski definition) is 1. The SMILES string of the molecule is O=C(C1CCOCC1)N1CCC(c2cc(Cc3ccccc3)[nH]n2)CC1. The average molecular weight is 353 g/mol. The lowest BCUT2D eigenvalue weighted by molar-refractivity contribution is -0.139. The van der Waals surface area contributed by atoms with Crippen LogP contribution in [0.3, 0.4) is 0 Å². The largest absolute Gasteiger partial charge is 0.381 e. The van der Waals surface area contributed by atoms with Gasteiger partial charge in [-0.05, 0) is 37.3 Å². The predicted octanol–water partition coefficient (Wildman–Crippen LogP) is 3.13. The van der Waals surface area contributed by atoms with E-state index in [0.717, 1.165) is 69.8 Å². The Hall–Kier alpha value is -2.14. The molecule has 3 heterocycles. The Labute approximate surface area is 154 Å². The quantitative estimate of drug-likeness (QED) is 0.919. The molecule has 2 aliphatic heterocycles. The number of ether oxygens (including phenoxy) is 1. The summed E-state index contributed by atoms with van der Waals surface area (Å²) < 4.78 is 5.37. The fourth-order valence-corrected chi connectivity index (χ4v) is 4.09. The average Bonchev–Trinajstić information content (AvgIpc) is 3.17. The van der Waals surface area contributed by atoms with E-state index in [4.69, 9.17) is 4.74 Å². The third-order valence-corrected chi connectivity index (χ3v) is 5.68. The number of benzene rings is 1. The molecule has 0 unspecified atom stereocenters. The second-order valence-electron chi connectivity index (χ2n) is 7.47. The fourth-order valence-electron chi connectivity index (χ4n) is 4.09. The molecule has 2 saturated heterocycles. The van der Waals surface area contributed by atoms with Gasteiger partial charge in [0.2, 0.25) is 5.91 Å². The molecular formula is C21H27N3O2. The molecule has 0 aliphatic carbocycles. The van der Waals surface area contributed by atoms with Crippen molar-refractivity contribution < 1.29 is 9.53 Å². The summed E-state index contributed by atoms with van der Waals surface area (Å²) in [5.74, 6) is 0.955. The molecule has 1 aromatic heterocycles. The molecule has 5 nitrogen and oxygen atoms in total. The summed E-state index contributed by atoms with van der Waals surface area (Å²) >= 11 is 0. The van der Waals surface area contributed by atoms with Gasteiger partial charge in [0.15, 0.2) is 0 Å². The molecule has 4 rings (SSSR count). The van der Waals surface area contributed by atoms with Crippen LogP contribution in [0.5, 0.6) is 0 Å². The van der Waals surface area contributed by atoms with Crippen molar-refractivity contribution in [2.45, 2.75) is 38.0 Å².